The molecule has 1 aromatic rings. The molecule has 0 radical (unpaired) electrons. The summed E-state index contributed by atoms with van der Waals surface area (Å²) in [6.45, 7) is 4.71. The maximum absolute atomic E-state index is 13.8. The molecule has 0 heterocycles. The monoisotopic (exact) mass is 322 g/mol. The van der Waals surface area contributed by atoms with Crippen LogP contribution in [-0.4, -0.2) is 32.9 Å². The van der Waals surface area contributed by atoms with E-state index in [0.29, 0.717) is 31.6 Å². The summed E-state index contributed by atoms with van der Waals surface area (Å²) in [5.41, 5.74) is 0.431. The first-order chi connectivity index (χ1) is 9.38. The SMILES string of the molecule is CCCN(CC)S(=O)(=O)c1cc(F)c(Cl)c(CNC)c1. The number of hydrogen-bond acceptors (Lipinski definition) is 3. The largest absolute Gasteiger partial charge is 0.316 e. The van der Waals surface area contributed by atoms with Gasteiger partial charge in [-0.1, -0.05) is 25.4 Å². The highest BCUT2D eigenvalue weighted by Crippen LogP contribution is 2.26. The van der Waals surface area contributed by atoms with Crippen LogP contribution in [0.3, 0.4) is 0 Å². The summed E-state index contributed by atoms with van der Waals surface area (Å²) in [6.07, 6.45) is 0.701. The van der Waals surface area contributed by atoms with E-state index in [1.807, 2.05) is 6.92 Å². The Hall–Kier alpha value is -0.690. The van der Waals surface area contributed by atoms with Crippen LogP contribution in [0, 0.1) is 5.82 Å². The maximum Gasteiger partial charge on any atom is 0.243 e. The molecule has 7 heteroatoms. The topological polar surface area (TPSA) is 49.4 Å². The second kappa shape index (κ2) is 7.36. The highest BCUT2D eigenvalue weighted by molar-refractivity contribution is 7.89. The minimum atomic E-state index is -3.69. The molecule has 0 amide bonds. The molecular weight excluding hydrogens is 303 g/mol. The van der Waals surface area contributed by atoms with E-state index in [4.69, 9.17) is 11.6 Å². The third-order valence-corrected chi connectivity index (χ3v) is 5.28. The first-order valence-corrected chi connectivity index (χ1v) is 8.32. The quantitative estimate of drug-likeness (QED) is 0.839. The molecule has 20 heavy (non-hydrogen) atoms. The van der Waals surface area contributed by atoms with Gasteiger partial charge in [0.2, 0.25) is 10.0 Å². The summed E-state index contributed by atoms with van der Waals surface area (Å²) < 4.78 is 40.1. The lowest BCUT2D eigenvalue weighted by molar-refractivity contribution is 0.426. The van der Waals surface area contributed by atoms with E-state index in [9.17, 15) is 12.8 Å². The Balaban J connectivity index is 3.31. The fraction of sp³-hybridized carbons (Fsp3) is 0.538. The summed E-state index contributed by atoms with van der Waals surface area (Å²) in [6, 6.07) is 2.41. The number of halogens is 2. The van der Waals surface area contributed by atoms with Crippen molar-refractivity contribution in [2.75, 3.05) is 20.1 Å². The van der Waals surface area contributed by atoms with Crippen LogP contribution in [0.1, 0.15) is 25.8 Å². The molecule has 0 saturated carbocycles. The zero-order valence-electron chi connectivity index (χ0n) is 11.9. The summed E-state index contributed by atoms with van der Waals surface area (Å²) in [7, 11) is -2.00. The van der Waals surface area contributed by atoms with Gasteiger partial charge in [0, 0.05) is 19.6 Å². The molecule has 0 saturated heterocycles. The lowest BCUT2D eigenvalue weighted by Crippen LogP contribution is -2.31. The summed E-state index contributed by atoms with van der Waals surface area (Å²) in [5, 5.41) is 2.79. The summed E-state index contributed by atoms with van der Waals surface area (Å²) in [4.78, 5) is -0.0556. The van der Waals surface area contributed by atoms with Crippen LogP contribution in [0.5, 0.6) is 0 Å². The van der Waals surface area contributed by atoms with E-state index in [0.717, 1.165) is 6.07 Å². The number of benzene rings is 1. The Morgan fingerprint density at radius 1 is 1.35 bits per heavy atom. The van der Waals surface area contributed by atoms with Crippen molar-refractivity contribution < 1.29 is 12.8 Å². The molecule has 0 aliphatic carbocycles. The van der Waals surface area contributed by atoms with E-state index in [2.05, 4.69) is 5.32 Å². The van der Waals surface area contributed by atoms with Crippen LogP contribution in [0.4, 0.5) is 4.39 Å². The lowest BCUT2D eigenvalue weighted by Gasteiger charge is -2.20. The van der Waals surface area contributed by atoms with E-state index < -0.39 is 15.8 Å². The molecule has 1 aromatic carbocycles. The number of nitrogens with one attached hydrogen (secondary N) is 1. The molecule has 0 bridgehead atoms. The van der Waals surface area contributed by atoms with Crippen LogP contribution < -0.4 is 5.32 Å². The Morgan fingerprint density at radius 2 is 2.00 bits per heavy atom. The molecule has 0 aromatic heterocycles. The normalized spacial score (nSPS) is 12.1. The Bertz CT molecular complexity index is 564. The van der Waals surface area contributed by atoms with Crippen molar-refractivity contribution in [3.63, 3.8) is 0 Å². The Morgan fingerprint density at radius 3 is 2.50 bits per heavy atom. The average Bonchev–Trinajstić information content (AvgIpc) is 2.40. The third kappa shape index (κ3) is 3.69. The molecule has 0 aliphatic rings. The fourth-order valence-corrected chi connectivity index (χ4v) is 3.71. The minimum Gasteiger partial charge on any atom is -0.316 e. The van der Waals surface area contributed by atoms with Crippen molar-refractivity contribution in [1.82, 2.24) is 9.62 Å². The molecule has 1 N–H and O–H groups in total. The Labute approximate surface area is 125 Å². The molecule has 0 spiro atoms. The standard InChI is InChI=1S/C13H20ClFN2O2S/c1-4-6-17(5-2)20(18,19)11-7-10(9-16-3)13(14)12(15)8-11/h7-8,16H,4-6,9H2,1-3H3. The fourth-order valence-electron chi connectivity index (χ4n) is 1.93. The van der Waals surface area contributed by atoms with Gasteiger partial charge in [0.15, 0.2) is 0 Å². The average molecular weight is 323 g/mol. The van der Waals surface area contributed by atoms with Gasteiger partial charge in [0.05, 0.1) is 9.92 Å². The number of rotatable bonds is 7. The lowest BCUT2D eigenvalue weighted by atomic mass is 10.2. The van der Waals surface area contributed by atoms with Crippen molar-refractivity contribution >= 4 is 21.6 Å². The summed E-state index contributed by atoms with van der Waals surface area (Å²) in [5.74, 6) is -0.717. The van der Waals surface area contributed by atoms with Crippen LogP contribution in [0.15, 0.2) is 17.0 Å². The molecule has 0 atom stereocenters. The Kier molecular flexibility index (Phi) is 6.39. The second-order valence-electron chi connectivity index (χ2n) is 4.41. The van der Waals surface area contributed by atoms with E-state index in [1.165, 1.54) is 10.4 Å². The predicted octanol–water partition coefficient (Wildman–Crippen LogP) is 2.62. The van der Waals surface area contributed by atoms with Gasteiger partial charge in [-0.15, -0.1) is 0 Å². The molecule has 1 rings (SSSR count). The molecule has 4 nitrogen and oxygen atoms in total. The van der Waals surface area contributed by atoms with Gasteiger partial charge in [-0.2, -0.15) is 4.31 Å². The minimum absolute atomic E-state index is 0.0446. The van der Waals surface area contributed by atoms with Gasteiger partial charge in [-0.3, -0.25) is 0 Å². The van der Waals surface area contributed by atoms with Crippen molar-refractivity contribution in [2.24, 2.45) is 0 Å². The molecule has 0 fully saturated rings. The van der Waals surface area contributed by atoms with Crippen LogP contribution in [0.2, 0.25) is 5.02 Å². The molecule has 0 aliphatic heterocycles. The van der Waals surface area contributed by atoms with Gasteiger partial charge in [0.25, 0.3) is 0 Å². The maximum atomic E-state index is 13.8. The van der Waals surface area contributed by atoms with Gasteiger partial charge in [-0.05, 0) is 31.2 Å². The van der Waals surface area contributed by atoms with Crippen molar-refractivity contribution in [2.45, 2.75) is 31.7 Å². The smallest absolute Gasteiger partial charge is 0.243 e. The zero-order chi connectivity index (χ0) is 15.3. The molecule has 0 unspecified atom stereocenters. The molecule has 114 valence electrons. The van der Waals surface area contributed by atoms with E-state index in [-0.39, 0.29) is 9.92 Å². The van der Waals surface area contributed by atoms with Gasteiger partial charge in [-0.25, -0.2) is 12.8 Å². The molecular formula is C13H20ClFN2O2S. The summed E-state index contributed by atoms with van der Waals surface area (Å²) >= 11 is 5.85. The van der Waals surface area contributed by atoms with E-state index in [1.54, 1.807) is 14.0 Å². The van der Waals surface area contributed by atoms with Gasteiger partial charge in [0.1, 0.15) is 5.82 Å². The van der Waals surface area contributed by atoms with Crippen molar-refractivity contribution in [3.8, 4) is 0 Å². The van der Waals surface area contributed by atoms with Crippen LogP contribution in [-0.2, 0) is 16.6 Å². The van der Waals surface area contributed by atoms with Crippen LogP contribution >= 0.6 is 11.6 Å². The predicted molar refractivity (Wildman–Crippen MR) is 78.9 cm³/mol. The highest BCUT2D eigenvalue weighted by atomic mass is 35.5. The van der Waals surface area contributed by atoms with Crippen LogP contribution in [0.25, 0.3) is 0 Å². The van der Waals surface area contributed by atoms with E-state index >= 15 is 0 Å². The third-order valence-electron chi connectivity index (χ3n) is 2.91. The first-order valence-electron chi connectivity index (χ1n) is 6.51. The number of hydrogen-bond donors (Lipinski definition) is 1. The van der Waals surface area contributed by atoms with Gasteiger partial charge < -0.3 is 5.32 Å². The van der Waals surface area contributed by atoms with Crippen molar-refractivity contribution in [3.05, 3.63) is 28.5 Å². The van der Waals surface area contributed by atoms with Crippen molar-refractivity contribution in [1.29, 1.82) is 0 Å². The zero-order valence-corrected chi connectivity index (χ0v) is 13.5. The second-order valence-corrected chi connectivity index (χ2v) is 6.72. The number of sulfonamides is 1. The number of nitrogens with zero attached hydrogens (tertiary/aromatic N) is 1. The highest BCUT2D eigenvalue weighted by Gasteiger charge is 2.24. The first kappa shape index (κ1) is 17.4. The van der Waals surface area contributed by atoms with Gasteiger partial charge >= 0.3 is 0 Å².